The molecular weight excluding hydrogens is 232 g/mol. The normalized spacial score (nSPS) is 12.6. The molecule has 0 fully saturated rings. The molecule has 5 nitrogen and oxygen atoms in total. The summed E-state index contributed by atoms with van der Waals surface area (Å²) in [4.78, 5) is 35.7. The number of aromatic amines is 1. The molecule has 0 bridgehead atoms. The van der Waals surface area contributed by atoms with Crippen molar-refractivity contribution in [3.63, 3.8) is 0 Å². The summed E-state index contributed by atoms with van der Waals surface area (Å²) in [6, 6.07) is 5.92. The summed E-state index contributed by atoms with van der Waals surface area (Å²) in [5.74, 6) is -0.0944. The van der Waals surface area contributed by atoms with E-state index in [0.717, 1.165) is 4.68 Å². The Kier molecular flexibility index (Phi) is 3.14. The van der Waals surface area contributed by atoms with E-state index in [1.807, 2.05) is 0 Å². The molecule has 0 saturated carbocycles. The Balaban J connectivity index is 2.75. The fourth-order valence-electron chi connectivity index (χ4n) is 1.93. The third-order valence-electron chi connectivity index (χ3n) is 3.04. The molecule has 0 aliphatic rings. The maximum absolute atomic E-state index is 12.2. The second kappa shape index (κ2) is 4.60. The van der Waals surface area contributed by atoms with E-state index in [1.54, 1.807) is 38.1 Å². The van der Waals surface area contributed by atoms with Crippen molar-refractivity contribution in [2.24, 2.45) is 0 Å². The minimum Gasteiger partial charge on any atom is -0.297 e. The second-order valence-electron chi connectivity index (χ2n) is 4.16. The van der Waals surface area contributed by atoms with Crippen LogP contribution in [0.3, 0.4) is 0 Å². The van der Waals surface area contributed by atoms with Crippen LogP contribution in [0.2, 0.25) is 0 Å². The molecule has 1 atom stereocenters. The summed E-state index contributed by atoms with van der Waals surface area (Å²) in [5.41, 5.74) is -0.708. The number of benzene rings is 1. The summed E-state index contributed by atoms with van der Waals surface area (Å²) in [6.45, 7) is 3.33. The lowest BCUT2D eigenvalue weighted by Gasteiger charge is -2.13. The first-order valence-corrected chi connectivity index (χ1v) is 5.82. The highest BCUT2D eigenvalue weighted by atomic mass is 16.2. The first kappa shape index (κ1) is 12.3. The molecule has 0 radical (unpaired) electrons. The average molecular weight is 246 g/mol. The quantitative estimate of drug-likeness (QED) is 0.885. The summed E-state index contributed by atoms with van der Waals surface area (Å²) in [6.07, 6.45) is 0.322. The highest BCUT2D eigenvalue weighted by Crippen LogP contribution is 2.07. The summed E-state index contributed by atoms with van der Waals surface area (Å²) in [7, 11) is 0. The molecule has 0 aliphatic heterocycles. The van der Waals surface area contributed by atoms with Crippen LogP contribution in [0.4, 0.5) is 0 Å². The molecule has 1 heterocycles. The van der Waals surface area contributed by atoms with Crippen molar-refractivity contribution < 1.29 is 4.79 Å². The maximum atomic E-state index is 12.2. The van der Waals surface area contributed by atoms with E-state index in [4.69, 9.17) is 0 Å². The second-order valence-corrected chi connectivity index (χ2v) is 4.16. The Morgan fingerprint density at radius 2 is 1.89 bits per heavy atom. The number of Topliss-reactive ketones (excluding diaryl/α,β-unsaturated/α-hetero) is 1. The van der Waals surface area contributed by atoms with Crippen LogP contribution >= 0.6 is 0 Å². The van der Waals surface area contributed by atoms with Crippen molar-refractivity contribution >= 4 is 16.6 Å². The van der Waals surface area contributed by atoms with Crippen LogP contribution < -0.4 is 11.1 Å². The van der Waals surface area contributed by atoms with Crippen molar-refractivity contribution in [3.05, 3.63) is 45.0 Å². The number of hydrogen-bond donors (Lipinski definition) is 1. The Bertz CT molecular complexity index is 712. The maximum Gasteiger partial charge on any atom is 0.273 e. The van der Waals surface area contributed by atoms with Gasteiger partial charge in [-0.05, 0) is 19.1 Å². The van der Waals surface area contributed by atoms with Gasteiger partial charge in [-0.1, -0.05) is 19.1 Å². The lowest BCUT2D eigenvalue weighted by Crippen LogP contribution is -2.34. The van der Waals surface area contributed by atoms with Gasteiger partial charge in [0.2, 0.25) is 0 Å². The largest absolute Gasteiger partial charge is 0.297 e. The van der Waals surface area contributed by atoms with Crippen LogP contribution in [0.5, 0.6) is 0 Å². The van der Waals surface area contributed by atoms with E-state index in [2.05, 4.69) is 5.10 Å². The molecule has 18 heavy (non-hydrogen) atoms. The first-order chi connectivity index (χ1) is 8.56. The average Bonchev–Trinajstić information content (AvgIpc) is 2.41. The van der Waals surface area contributed by atoms with Gasteiger partial charge in [-0.2, -0.15) is 0 Å². The molecule has 5 heteroatoms. The van der Waals surface area contributed by atoms with Gasteiger partial charge in [-0.25, -0.2) is 4.68 Å². The highest BCUT2D eigenvalue weighted by molar-refractivity contribution is 5.83. The predicted molar refractivity (Wildman–Crippen MR) is 68.8 cm³/mol. The smallest absolute Gasteiger partial charge is 0.273 e. The molecule has 0 saturated heterocycles. The number of nitrogens with one attached hydrogen (secondary N) is 1. The van der Waals surface area contributed by atoms with Crippen molar-refractivity contribution in [2.75, 3.05) is 0 Å². The van der Waals surface area contributed by atoms with E-state index in [9.17, 15) is 14.4 Å². The summed E-state index contributed by atoms with van der Waals surface area (Å²) >= 11 is 0. The van der Waals surface area contributed by atoms with Gasteiger partial charge < -0.3 is 0 Å². The zero-order valence-electron chi connectivity index (χ0n) is 10.3. The Hall–Kier alpha value is -2.17. The number of H-pyrrole nitrogens is 1. The van der Waals surface area contributed by atoms with Gasteiger partial charge in [0, 0.05) is 6.42 Å². The van der Waals surface area contributed by atoms with Crippen LogP contribution in [0, 0.1) is 0 Å². The fourth-order valence-corrected chi connectivity index (χ4v) is 1.93. The zero-order chi connectivity index (χ0) is 13.3. The van der Waals surface area contributed by atoms with E-state index in [1.165, 1.54) is 0 Å². The van der Waals surface area contributed by atoms with Gasteiger partial charge in [0.15, 0.2) is 5.78 Å². The minimum absolute atomic E-state index is 0.0944. The van der Waals surface area contributed by atoms with Crippen LogP contribution in [0.15, 0.2) is 33.9 Å². The number of carbonyl (C=O) groups excluding carboxylic acids is 1. The van der Waals surface area contributed by atoms with Gasteiger partial charge in [0.05, 0.1) is 10.8 Å². The monoisotopic (exact) mass is 246 g/mol. The van der Waals surface area contributed by atoms with E-state index >= 15 is 0 Å². The molecule has 1 aromatic heterocycles. The fraction of sp³-hybridized carbons (Fsp3) is 0.308. The molecule has 0 aliphatic carbocycles. The number of aromatic nitrogens is 2. The van der Waals surface area contributed by atoms with Crippen molar-refractivity contribution in [1.82, 2.24) is 9.78 Å². The SMILES string of the molecule is CCC(=O)C(C)n1[nH]c(=O)c2ccccc2c1=O. The van der Waals surface area contributed by atoms with Crippen LogP contribution in [-0.4, -0.2) is 15.6 Å². The molecule has 2 rings (SSSR count). The number of fused-ring (bicyclic) bond motifs is 1. The number of nitrogens with zero attached hydrogens (tertiary/aromatic N) is 1. The summed E-state index contributed by atoms with van der Waals surface area (Å²) < 4.78 is 1.11. The van der Waals surface area contributed by atoms with Crippen molar-refractivity contribution in [2.45, 2.75) is 26.3 Å². The molecule has 0 amide bonds. The molecular formula is C13H14N2O3. The summed E-state index contributed by atoms with van der Waals surface area (Å²) in [5, 5.41) is 3.13. The van der Waals surface area contributed by atoms with E-state index < -0.39 is 6.04 Å². The lowest BCUT2D eigenvalue weighted by atomic mass is 10.1. The van der Waals surface area contributed by atoms with Gasteiger partial charge in [-0.3, -0.25) is 19.5 Å². The number of ketones is 1. The topological polar surface area (TPSA) is 71.9 Å². The minimum atomic E-state index is -0.653. The number of rotatable bonds is 3. The molecule has 1 unspecified atom stereocenters. The van der Waals surface area contributed by atoms with E-state index in [0.29, 0.717) is 17.2 Å². The zero-order valence-corrected chi connectivity index (χ0v) is 10.3. The Labute approximate surface area is 103 Å². The third kappa shape index (κ3) is 1.88. The van der Waals surface area contributed by atoms with Crippen LogP contribution in [-0.2, 0) is 4.79 Å². The van der Waals surface area contributed by atoms with Crippen LogP contribution in [0.25, 0.3) is 10.8 Å². The van der Waals surface area contributed by atoms with Gasteiger partial charge >= 0.3 is 0 Å². The lowest BCUT2D eigenvalue weighted by molar-refractivity contribution is -0.121. The van der Waals surface area contributed by atoms with Crippen molar-refractivity contribution in [3.8, 4) is 0 Å². The molecule has 94 valence electrons. The molecule has 1 aromatic carbocycles. The van der Waals surface area contributed by atoms with Gasteiger partial charge in [-0.15, -0.1) is 0 Å². The standard InChI is InChI=1S/C13H14N2O3/c1-3-11(16)8(2)15-13(18)10-7-5-4-6-9(10)12(17)14-15/h4-8H,3H2,1-2H3,(H,14,17). The third-order valence-corrected chi connectivity index (χ3v) is 3.04. The first-order valence-electron chi connectivity index (χ1n) is 5.82. The van der Waals surface area contributed by atoms with Gasteiger partial charge in [0.1, 0.15) is 6.04 Å². The highest BCUT2D eigenvalue weighted by Gasteiger charge is 2.16. The Morgan fingerprint density at radius 1 is 1.28 bits per heavy atom. The molecule has 2 aromatic rings. The number of carbonyl (C=O) groups is 1. The predicted octanol–water partition coefficient (Wildman–Crippen LogP) is 1.23. The molecule has 1 N–H and O–H groups in total. The van der Waals surface area contributed by atoms with Crippen molar-refractivity contribution in [1.29, 1.82) is 0 Å². The van der Waals surface area contributed by atoms with Gasteiger partial charge in [0.25, 0.3) is 11.1 Å². The Morgan fingerprint density at radius 3 is 2.50 bits per heavy atom. The number of hydrogen-bond acceptors (Lipinski definition) is 3. The van der Waals surface area contributed by atoms with Crippen LogP contribution in [0.1, 0.15) is 26.3 Å². The molecule has 0 spiro atoms. The van der Waals surface area contributed by atoms with E-state index in [-0.39, 0.29) is 16.9 Å².